The number of aryl methyl sites for hydroxylation is 1. The first-order chi connectivity index (χ1) is 15.3. The van der Waals surface area contributed by atoms with E-state index in [0.717, 1.165) is 9.87 Å². The molecule has 0 saturated carbocycles. The van der Waals surface area contributed by atoms with Gasteiger partial charge in [0.05, 0.1) is 18.0 Å². The Morgan fingerprint density at radius 3 is 2.28 bits per heavy atom. The lowest BCUT2D eigenvalue weighted by Gasteiger charge is -2.26. The fraction of sp³-hybridized carbons (Fsp3) is 0.182. The Morgan fingerprint density at radius 2 is 1.72 bits per heavy atom. The third-order valence-electron chi connectivity index (χ3n) is 4.54. The second-order valence-electron chi connectivity index (χ2n) is 7.05. The summed E-state index contributed by atoms with van der Waals surface area (Å²) in [5, 5.41) is 18.8. The van der Waals surface area contributed by atoms with Gasteiger partial charge < -0.3 is 9.84 Å². The van der Waals surface area contributed by atoms with Crippen LogP contribution >= 0.6 is 0 Å². The van der Waals surface area contributed by atoms with Crippen molar-refractivity contribution in [2.45, 2.75) is 18.8 Å². The second kappa shape index (κ2) is 10.2. The van der Waals surface area contributed by atoms with Gasteiger partial charge in [0.25, 0.3) is 5.91 Å². The number of nitrogens with one attached hydrogen (secondary N) is 1. The standard InChI is InChI=1S/C22H23N3O6S/c1-16-4-8-19(9-5-16)31-20-10-6-18(7-11-20)25(14-21(26)22(27)24-28)32(29,30)15-17-3-2-12-23-13-17/h2-13,21,26,28H,14-15H2,1H3,(H,24,27)/t21-/m0/s1. The normalized spacial score (nSPS) is 12.1. The molecule has 3 rings (SSSR count). The maximum atomic E-state index is 13.1. The van der Waals surface area contributed by atoms with Crippen LogP contribution in [0.15, 0.2) is 73.1 Å². The van der Waals surface area contributed by atoms with Gasteiger partial charge in [-0.2, -0.15) is 0 Å². The molecule has 0 spiro atoms. The zero-order chi connectivity index (χ0) is 23.1. The molecule has 0 aliphatic heterocycles. The maximum absolute atomic E-state index is 13.1. The zero-order valence-corrected chi connectivity index (χ0v) is 18.1. The Hall–Kier alpha value is -3.47. The number of nitrogens with zero attached hydrogens (tertiary/aromatic N) is 2. The zero-order valence-electron chi connectivity index (χ0n) is 17.2. The van der Waals surface area contributed by atoms with E-state index in [1.165, 1.54) is 30.0 Å². The molecule has 0 radical (unpaired) electrons. The summed E-state index contributed by atoms with van der Waals surface area (Å²) in [6, 6.07) is 16.9. The molecule has 1 heterocycles. The van der Waals surface area contributed by atoms with Crippen molar-refractivity contribution >= 4 is 21.6 Å². The van der Waals surface area contributed by atoms with Crippen LogP contribution in [0.4, 0.5) is 5.69 Å². The number of carbonyl (C=O) groups excluding carboxylic acids is 1. The summed E-state index contributed by atoms with van der Waals surface area (Å²) in [5.41, 5.74) is 3.07. The lowest BCUT2D eigenvalue weighted by atomic mass is 10.2. The quantitative estimate of drug-likeness (QED) is 0.332. The first-order valence-corrected chi connectivity index (χ1v) is 11.3. The molecule has 1 amide bonds. The number of aliphatic hydroxyl groups excluding tert-OH is 1. The molecular formula is C22H23N3O6S. The van der Waals surface area contributed by atoms with Crippen molar-refractivity contribution in [3.05, 3.63) is 84.2 Å². The highest BCUT2D eigenvalue weighted by atomic mass is 32.2. The highest BCUT2D eigenvalue weighted by Crippen LogP contribution is 2.27. The van der Waals surface area contributed by atoms with Crippen molar-refractivity contribution in [3.8, 4) is 11.5 Å². The number of sulfonamides is 1. The van der Waals surface area contributed by atoms with Gasteiger partial charge in [0.15, 0.2) is 6.10 Å². The minimum absolute atomic E-state index is 0.218. The summed E-state index contributed by atoms with van der Waals surface area (Å²) in [6.07, 6.45) is 1.16. The Bertz CT molecular complexity index is 1140. The topological polar surface area (TPSA) is 129 Å². The molecule has 0 aliphatic carbocycles. The van der Waals surface area contributed by atoms with Crippen LogP contribution < -0.4 is 14.5 Å². The van der Waals surface area contributed by atoms with Crippen LogP contribution in [0.25, 0.3) is 0 Å². The molecule has 10 heteroatoms. The number of pyridine rings is 1. The van der Waals surface area contributed by atoms with Crippen molar-refractivity contribution < 1.29 is 28.3 Å². The molecule has 0 unspecified atom stereocenters. The molecule has 0 aliphatic rings. The molecule has 1 aromatic heterocycles. The molecule has 9 nitrogen and oxygen atoms in total. The maximum Gasteiger partial charge on any atom is 0.274 e. The molecule has 32 heavy (non-hydrogen) atoms. The van der Waals surface area contributed by atoms with E-state index in [0.29, 0.717) is 17.1 Å². The fourth-order valence-electron chi connectivity index (χ4n) is 2.89. The van der Waals surface area contributed by atoms with Gasteiger partial charge in [-0.25, -0.2) is 13.9 Å². The van der Waals surface area contributed by atoms with Gasteiger partial charge in [-0.05, 0) is 55.0 Å². The lowest BCUT2D eigenvalue weighted by molar-refractivity contribution is -0.137. The SMILES string of the molecule is Cc1ccc(Oc2ccc(N(C[C@H](O)C(=O)NO)S(=O)(=O)Cc3cccnc3)cc2)cc1. The van der Waals surface area contributed by atoms with Crippen molar-refractivity contribution in [1.29, 1.82) is 0 Å². The molecule has 168 valence electrons. The Morgan fingerprint density at radius 1 is 1.09 bits per heavy atom. The van der Waals surface area contributed by atoms with Gasteiger partial charge in [-0.1, -0.05) is 23.8 Å². The van der Waals surface area contributed by atoms with Crippen molar-refractivity contribution in [3.63, 3.8) is 0 Å². The van der Waals surface area contributed by atoms with Gasteiger partial charge in [-0.3, -0.25) is 19.3 Å². The summed E-state index contributed by atoms with van der Waals surface area (Å²) in [5.74, 6) is -0.406. The number of hydrogen-bond donors (Lipinski definition) is 3. The molecule has 3 N–H and O–H groups in total. The lowest BCUT2D eigenvalue weighted by Crippen LogP contribution is -2.44. The predicted molar refractivity (Wildman–Crippen MR) is 118 cm³/mol. The van der Waals surface area contributed by atoms with E-state index in [9.17, 15) is 18.3 Å². The number of hydrogen-bond acceptors (Lipinski definition) is 7. The van der Waals surface area contributed by atoms with Crippen LogP contribution in [-0.4, -0.2) is 42.3 Å². The number of anilines is 1. The Kier molecular flexibility index (Phi) is 7.41. The van der Waals surface area contributed by atoms with E-state index in [1.54, 1.807) is 24.3 Å². The van der Waals surface area contributed by atoms with E-state index in [1.807, 2.05) is 31.2 Å². The van der Waals surface area contributed by atoms with E-state index < -0.39 is 34.3 Å². The third kappa shape index (κ3) is 6.03. The molecular weight excluding hydrogens is 434 g/mol. The summed E-state index contributed by atoms with van der Waals surface area (Å²) in [6.45, 7) is 1.37. The van der Waals surface area contributed by atoms with E-state index in [2.05, 4.69) is 4.98 Å². The summed E-state index contributed by atoms with van der Waals surface area (Å²) < 4.78 is 32.9. The van der Waals surface area contributed by atoms with Crippen LogP contribution in [0.1, 0.15) is 11.1 Å². The number of aromatic nitrogens is 1. The van der Waals surface area contributed by atoms with E-state index >= 15 is 0 Å². The minimum Gasteiger partial charge on any atom is -0.457 e. The smallest absolute Gasteiger partial charge is 0.274 e. The first kappa shape index (κ1) is 23.2. The number of aliphatic hydroxyl groups is 1. The molecule has 3 aromatic rings. The van der Waals surface area contributed by atoms with E-state index in [4.69, 9.17) is 9.94 Å². The number of rotatable bonds is 9. The van der Waals surface area contributed by atoms with Crippen LogP contribution in [-0.2, 0) is 20.6 Å². The Balaban J connectivity index is 1.86. The van der Waals surface area contributed by atoms with Crippen LogP contribution in [0, 0.1) is 6.92 Å². The molecule has 2 aromatic carbocycles. The average Bonchev–Trinajstić information content (AvgIpc) is 2.79. The van der Waals surface area contributed by atoms with Gasteiger partial charge in [0, 0.05) is 12.4 Å². The predicted octanol–water partition coefficient (Wildman–Crippen LogP) is 2.39. The molecule has 0 fully saturated rings. The van der Waals surface area contributed by atoms with Crippen LogP contribution in [0.3, 0.4) is 0 Å². The van der Waals surface area contributed by atoms with Crippen molar-refractivity contribution in [2.24, 2.45) is 0 Å². The fourth-order valence-corrected chi connectivity index (χ4v) is 4.45. The molecule has 0 saturated heterocycles. The van der Waals surface area contributed by atoms with Crippen molar-refractivity contribution in [1.82, 2.24) is 10.5 Å². The highest BCUT2D eigenvalue weighted by Gasteiger charge is 2.28. The van der Waals surface area contributed by atoms with Gasteiger partial charge >= 0.3 is 0 Å². The second-order valence-corrected chi connectivity index (χ2v) is 8.94. The first-order valence-electron chi connectivity index (χ1n) is 9.64. The van der Waals surface area contributed by atoms with E-state index in [-0.39, 0.29) is 5.69 Å². The van der Waals surface area contributed by atoms with Gasteiger partial charge in [-0.15, -0.1) is 0 Å². The number of benzene rings is 2. The summed E-state index contributed by atoms with van der Waals surface area (Å²) >= 11 is 0. The number of hydroxylamine groups is 1. The monoisotopic (exact) mass is 457 g/mol. The highest BCUT2D eigenvalue weighted by molar-refractivity contribution is 7.92. The number of amides is 1. The third-order valence-corrected chi connectivity index (χ3v) is 6.27. The molecule has 1 atom stereocenters. The Labute approximate surface area is 185 Å². The van der Waals surface area contributed by atoms with Crippen molar-refractivity contribution in [2.75, 3.05) is 10.8 Å². The summed E-state index contributed by atoms with van der Waals surface area (Å²) in [4.78, 5) is 15.5. The van der Waals surface area contributed by atoms with Crippen LogP contribution in [0.5, 0.6) is 11.5 Å². The minimum atomic E-state index is -4.01. The summed E-state index contributed by atoms with van der Waals surface area (Å²) in [7, 11) is -4.01. The van der Waals surface area contributed by atoms with Crippen LogP contribution in [0.2, 0.25) is 0 Å². The average molecular weight is 458 g/mol. The van der Waals surface area contributed by atoms with Gasteiger partial charge in [0.1, 0.15) is 11.5 Å². The largest absolute Gasteiger partial charge is 0.457 e. The molecule has 0 bridgehead atoms. The number of ether oxygens (including phenoxy) is 1. The van der Waals surface area contributed by atoms with Gasteiger partial charge in [0.2, 0.25) is 10.0 Å². The number of carbonyl (C=O) groups is 1.